The van der Waals surface area contributed by atoms with Crippen LogP contribution < -0.4 is 5.32 Å². The fraction of sp³-hybridized carbons (Fsp3) is 0.400. The molecule has 0 radical (unpaired) electrons. The Morgan fingerprint density at radius 1 is 1.15 bits per heavy atom. The number of nitrogens with zero attached hydrogens (tertiary/aromatic N) is 1. The maximum absolute atomic E-state index is 12.5. The number of rotatable bonds is 2. The lowest BCUT2D eigenvalue weighted by atomic mass is 9.66. The predicted molar refractivity (Wildman–Crippen MR) is 71.6 cm³/mol. The molecule has 4 amide bonds. The second-order valence-corrected chi connectivity index (χ2v) is 5.57. The molecule has 1 aromatic rings. The Balaban J connectivity index is 1.84. The number of amides is 4. The summed E-state index contributed by atoms with van der Waals surface area (Å²) >= 11 is 0. The SMILES string of the molecule is Cc1ccc(CN2C(=O)NC(=O)C3(CCC3)C2=O)cc1. The number of imide groups is 2. The lowest BCUT2D eigenvalue weighted by Crippen LogP contribution is -2.65. The van der Waals surface area contributed by atoms with E-state index in [1.54, 1.807) is 0 Å². The van der Waals surface area contributed by atoms with Crippen LogP contribution >= 0.6 is 0 Å². The lowest BCUT2D eigenvalue weighted by Gasteiger charge is -2.44. The number of hydrogen-bond acceptors (Lipinski definition) is 3. The number of carbonyl (C=O) groups is 3. The minimum absolute atomic E-state index is 0.208. The van der Waals surface area contributed by atoms with Crippen LogP contribution in [0.15, 0.2) is 24.3 Å². The first-order valence-electron chi connectivity index (χ1n) is 6.76. The lowest BCUT2D eigenvalue weighted by molar-refractivity contribution is -0.158. The molecule has 5 heteroatoms. The largest absolute Gasteiger partial charge is 0.331 e. The van der Waals surface area contributed by atoms with Crippen molar-refractivity contribution < 1.29 is 14.4 Å². The van der Waals surface area contributed by atoms with Crippen molar-refractivity contribution in [3.05, 3.63) is 35.4 Å². The van der Waals surface area contributed by atoms with Crippen LogP contribution in [0, 0.1) is 12.3 Å². The highest BCUT2D eigenvalue weighted by Gasteiger charge is 2.57. The van der Waals surface area contributed by atoms with E-state index in [0.717, 1.165) is 22.4 Å². The molecule has 3 rings (SSSR count). The van der Waals surface area contributed by atoms with Gasteiger partial charge >= 0.3 is 6.03 Å². The van der Waals surface area contributed by atoms with E-state index in [1.807, 2.05) is 31.2 Å². The van der Waals surface area contributed by atoms with Gasteiger partial charge in [-0.3, -0.25) is 19.8 Å². The fourth-order valence-corrected chi connectivity index (χ4v) is 2.72. The number of aryl methyl sites for hydroxylation is 1. The molecule has 1 spiro atoms. The predicted octanol–water partition coefficient (Wildman–Crippen LogP) is 1.74. The van der Waals surface area contributed by atoms with E-state index < -0.39 is 17.4 Å². The van der Waals surface area contributed by atoms with Crippen LogP contribution in [0.1, 0.15) is 30.4 Å². The summed E-state index contributed by atoms with van der Waals surface area (Å²) in [5, 5.41) is 2.31. The van der Waals surface area contributed by atoms with Gasteiger partial charge in [-0.25, -0.2) is 4.79 Å². The molecular formula is C15H16N2O3. The van der Waals surface area contributed by atoms with Crippen LogP contribution in [0.5, 0.6) is 0 Å². The first-order valence-corrected chi connectivity index (χ1v) is 6.76. The van der Waals surface area contributed by atoms with Gasteiger partial charge in [0.25, 0.3) is 0 Å². The maximum Gasteiger partial charge on any atom is 0.331 e. The molecule has 0 atom stereocenters. The minimum Gasteiger partial charge on any atom is -0.277 e. The van der Waals surface area contributed by atoms with Gasteiger partial charge in [0.15, 0.2) is 0 Å². The van der Waals surface area contributed by atoms with E-state index in [1.165, 1.54) is 0 Å². The first-order chi connectivity index (χ1) is 9.53. The molecule has 1 N–H and O–H groups in total. The Morgan fingerprint density at radius 3 is 2.35 bits per heavy atom. The third-order valence-corrected chi connectivity index (χ3v) is 4.22. The van der Waals surface area contributed by atoms with Crippen LogP contribution in [0.4, 0.5) is 4.79 Å². The molecular weight excluding hydrogens is 256 g/mol. The van der Waals surface area contributed by atoms with Crippen molar-refractivity contribution in [1.29, 1.82) is 0 Å². The molecule has 5 nitrogen and oxygen atoms in total. The van der Waals surface area contributed by atoms with Crippen molar-refractivity contribution >= 4 is 17.8 Å². The van der Waals surface area contributed by atoms with Gasteiger partial charge in [0, 0.05) is 0 Å². The van der Waals surface area contributed by atoms with Crippen LogP contribution in [-0.2, 0) is 16.1 Å². The van der Waals surface area contributed by atoms with Crippen molar-refractivity contribution in [3.63, 3.8) is 0 Å². The standard InChI is InChI=1S/C15H16N2O3/c1-10-3-5-11(6-4-10)9-17-13(19)15(7-2-8-15)12(18)16-14(17)20/h3-6H,2,7-9H2,1H3,(H,16,18,20). The molecule has 1 aliphatic carbocycles. The second-order valence-electron chi connectivity index (χ2n) is 5.57. The van der Waals surface area contributed by atoms with Gasteiger partial charge in [0.1, 0.15) is 5.41 Å². The molecule has 1 aliphatic heterocycles. The van der Waals surface area contributed by atoms with E-state index in [9.17, 15) is 14.4 Å². The normalized spacial score (nSPS) is 20.9. The molecule has 20 heavy (non-hydrogen) atoms. The molecule has 0 aromatic heterocycles. The Labute approximate surface area is 116 Å². The average molecular weight is 272 g/mol. The van der Waals surface area contributed by atoms with Crippen molar-refractivity contribution in [1.82, 2.24) is 10.2 Å². The second kappa shape index (κ2) is 4.44. The van der Waals surface area contributed by atoms with E-state index in [2.05, 4.69) is 5.32 Å². The summed E-state index contributed by atoms with van der Waals surface area (Å²) < 4.78 is 0. The fourth-order valence-electron chi connectivity index (χ4n) is 2.72. The summed E-state index contributed by atoms with van der Waals surface area (Å²) in [7, 11) is 0. The smallest absolute Gasteiger partial charge is 0.277 e. The van der Waals surface area contributed by atoms with Gasteiger partial charge in [-0.15, -0.1) is 0 Å². The Bertz CT molecular complexity index is 588. The highest BCUT2D eigenvalue weighted by molar-refractivity contribution is 6.19. The molecule has 104 valence electrons. The molecule has 2 aliphatic rings. The Morgan fingerprint density at radius 2 is 1.80 bits per heavy atom. The summed E-state index contributed by atoms with van der Waals surface area (Å²) in [5.74, 6) is -0.781. The van der Waals surface area contributed by atoms with Gasteiger partial charge in [0.2, 0.25) is 11.8 Å². The molecule has 1 saturated heterocycles. The Kier molecular flexibility index (Phi) is 2.85. The van der Waals surface area contributed by atoms with Crippen LogP contribution in [0.3, 0.4) is 0 Å². The number of barbiturate groups is 1. The van der Waals surface area contributed by atoms with Crippen LogP contribution in [0.2, 0.25) is 0 Å². The van der Waals surface area contributed by atoms with Gasteiger partial charge in [0.05, 0.1) is 6.54 Å². The molecule has 1 saturated carbocycles. The third-order valence-electron chi connectivity index (χ3n) is 4.22. The third kappa shape index (κ3) is 1.81. The molecule has 0 bridgehead atoms. The average Bonchev–Trinajstić information content (AvgIpc) is 2.35. The van der Waals surface area contributed by atoms with Gasteiger partial charge < -0.3 is 0 Å². The molecule has 1 aromatic carbocycles. The van der Waals surface area contributed by atoms with Crippen molar-refractivity contribution in [2.45, 2.75) is 32.7 Å². The molecule has 2 fully saturated rings. The number of carbonyl (C=O) groups excluding carboxylic acids is 3. The quantitative estimate of drug-likeness (QED) is 0.834. The van der Waals surface area contributed by atoms with Crippen molar-refractivity contribution in [2.24, 2.45) is 5.41 Å². The summed E-state index contributed by atoms with van der Waals surface area (Å²) in [6.07, 6.45) is 1.93. The maximum atomic E-state index is 12.5. The number of urea groups is 1. The monoisotopic (exact) mass is 272 g/mol. The minimum atomic E-state index is -0.987. The van der Waals surface area contributed by atoms with Crippen molar-refractivity contribution in [2.75, 3.05) is 0 Å². The summed E-state index contributed by atoms with van der Waals surface area (Å²) in [6, 6.07) is 7.04. The van der Waals surface area contributed by atoms with Crippen LogP contribution in [0.25, 0.3) is 0 Å². The first kappa shape index (κ1) is 12.8. The number of hydrogen-bond donors (Lipinski definition) is 1. The zero-order valence-electron chi connectivity index (χ0n) is 11.3. The van der Waals surface area contributed by atoms with E-state index in [4.69, 9.17) is 0 Å². The molecule has 0 unspecified atom stereocenters. The zero-order valence-corrected chi connectivity index (χ0v) is 11.3. The summed E-state index contributed by atoms with van der Waals surface area (Å²) in [5.41, 5.74) is 1.01. The number of benzene rings is 1. The van der Waals surface area contributed by atoms with Crippen LogP contribution in [-0.4, -0.2) is 22.7 Å². The van der Waals surface area contributed by atoms with E-state index >= 15 is 0 Å². The van der Waals surface area contributed by atoms with E-state index in [-0.39, 0.29) is 12.5 Å². The summed E-state index contributed by atoms with van der Waals surface area (Å²) in [4.78, 5) is 37.4. The summed E-state index contributed by atoms with van der Waals surface area (Å²) in [6.45, 7) is 2.19. The number of nitrogens with one attached hydrogen (secondary N) is 1. The molecule has 1 heterocycles. The highest BCUT2D eigenvalue weighted by atomic mass is 16.2. The highest BCUT2D eigenvalue weighted by Crippen LogP contribution is 2.44. The Hall–Kier alpha value is -2.17. The topological polar surface area (TPSA) is 66.5 Å². The van der Waals surface area contributed by atoms with Gasteiger partial charge in [-0.1, -0.05) is 36.2 Å². The van der Waals surface area contributed by atoms with Gasteiger partial charge in [-0.2, -0.15) is 0 Å². The van der Waals surface area contributed by atoms with E-state index in [0.29, 0.717) is 12.8 Å². The zero-order chi connectivity index (χ0) is 14.3. The van der Waals surface area contributed by atoms with Crippen molar-refractivity contribution in [3.8, 4) is 0 Å². The van der Waals surface area contributed by atoms with Gasteiger partial charge in [-0.05, 0) is 25.3 Å².